The largest absolute Gasteiger partial charge is 0.353 e. The summed E-state index contributed by atoms with van der Waals surface area (Å²) in [6.45, 7) is 3.56. The molecule has 1 fully saturated rings. The van der Waals surface area contributed by atoms with Crippen LogP contribution in [0.5, 0.6) is 0 Å². The Hall–Kier alpha value is -3.06. The molecule has 7 nitrogen and oxygen atoms in total. The molecule has 3 heterocycles. The first-order valence-corrected chi connectivity index (χ1v) is 10.0. The van der Waals surface area contributed by atoms with E-state index in [0.717, 1.165) is 47.7 Å². The van der Waals surface area contributed by atoms with Crippen LogP contribution in [0.15, 0.2) is 48.8 Å². The Morgan fingerprint density at radius 2 is 2.07 bits per heavy atom. The van der Waals surface area contributed by atoms with Crippen LogP contribution in [-0.4, -0.2) is 40.3 Å². The zero-order valence-electron chi connectivity index (χ0n) is 16.2. The SMILES string of the molecule is Cc1ccc(Cl)cc1NC(=O)N[C@H]1CCCN(c2cc(-c3ccncc3)[nH]n2)C1. The number of amides is 2. The first kappa shape index (κ1) is 19.3. The van der Waals surface area contributed by atoms with Crippen LogP contribution >= 0.6 is 11.6 Å². The zero-order valence-corrected chi connectivity index (χ0v) is 16.9. The van der Waals surface area contributed by atoms with Gasteiger partial charge in [-0.2, -0.15) is 5.10 Å². The minimum atomic E-state index is -0.221. The molecule has 2 amide bonds. The summed E-state index contributed by atoms with van der Waals surface area (Å²) < 4.78 is 0. The topological polar surface area (TPSA) is 85.9 Å². The van der Waals surface area contributed by atoms with Crippen LogP contribution in [0.1, 0.15) is 18.4 Å². The fourth-order valence-electron chi connectivity index (χ4n) is 3.53. The van der Waals surface area contributed by atoms with Crippen molar-refractivity contribution < 1.29 is 4.79 Å². The second kappa shape index (κ2) is 8.53. The molecule has 1 aliphatic rings. The molecule has 150 valence electrons. The van der Waals surface area contributed by atoms with Crippen molar-refractivity contribution in [3.8, 4) is 11.3 Å². The molecule has 4 rings (SSSR count). The number of halogens is 1. The molecule has 1 atom stereocenters. The zero-order chi connectivity index (χ0) is 20.2. The summed E-state index contributed by atoms with van der Waals surface area (Å²) in [5.74, 6) is 0.884. The molecule has 3 N–H and O–H groups in total. The van der Waals surface area contributed by atoms with E-state index in [1.807, 2.05) is 37.3 Å². The number of pyridine rings is 1. The number of carbonyl (C=O) groups excluding carboxylic acids is 1. The van der Waals surface area contributed by atoms with Crippen molar-refractivity contribution in [2.45, 2.75) is 25.8 Å². The smallest absolute Gasteiger partial charge is 0.319 e. The van der Waals surface area contributed by atoms with Crippen LogP contribution in [0.2, 0.25) is 5.02 Å². The molecule has 0 aliphatic carbocycles. The second-order valence-corrected chi connectivity index (χ2v) is 7.66. The maximum Gasteiger partial charge on any atom is 0.319 e. The highest BCUT2D eigenvalue weighted by Crippen LogP contribution is 2.24. The molecule has 0 spiro atoms. The van der Waals surface area contributed by atoms with Crippen molar-refractivity contribution in [1.82, 2.24) is 20.5 Å². The predicted molar refractivity (Wildman–Crippen MR) is 115 cm³/mol. The summed E-state index contributed by atoms with van der Waals surface area (Å²) in [6, 6.07) is 11.2. The molecule has 0 bridgehead atoms. The molecule has 8 heteroatoms. The molecule has 29 heavy (non-hydrogen) atoms. The van der Waals surface area contributed by atoms with Crippen LogP contribution in [0, 0.1) is 6.92 Å². The van der Waals surface area contributed by atoms with Gasteiger partial charge in [0, 0.05) is 53.9 Å². The number of benzene rings is 1. The van der Waals surface area contributed by atoms with Gasteiger partial charge in [-0.25, -0.2) is 4.79 Å². The summed E-state index contributed by atoms with van der Waals surface area (Å²) >= 11 is 6.03. The van der Waals surface area contributed by atoms with E-state index in [-0.39, 0.29) is 12.1 Å². The Bertz CT molecular complexity index is 990. The maximum absolute atomic E-state index is 12.5. The van der Waals surface area contributed by atoms with E-state index < -0.39 is 0 Å². The van der Waals surface area contributed by atoms with E-state index in [4.69, 9.17) is 11.6 Å². The normalized spacial score (nSPS) is 16.5. The fraction of sp³-hybridized carbons (Fsp3) is 0.286. The van der Waals surface area contributed by atoms with Crippen molar-refractivity contribution in [3.63, 3.8) is 0 Å². The molecule has 0 unspecified atom stereocenters. The van der Waals surface area contributed by atoms with Crippen molar-refractivity contribution in [2.24, 2.45) is 0 Å². The van der Waals surface area contributed by atoms with E-state index in [2.05, 4.69) is 30.7 Å². The van der Waals surface area contributed by atoms with E-state index in [0.29, 0.717) is 11.6 Å². The van der Waals surface area contributed by atoms with Gasteiger partial charge in [0.1, 0.15) is 0 Å². The fourth-order valence-corrected chi connectivity index (χ4v) is 3.70. The Balaban J connectivity index is 1.38. The molecule has 1 aliphatic heterocycles. The highest BCUT2D eigenvalue weighted by Gasteiger charge is 2.23. The number of hydrogen-bond donors (Lipinski definition) is 3. The number of piperidine rings is 1. The minimum absolute atomic E-state index is 0.0457. The van der Waals surface area contributed by atoms with Crippen molar-refractivity contribution >= 4 is 29.1 Å². The number of aryl methyl sites for hydroxylation is 1. The number of H-pyrrole nitrogens is 1. The number of rotatable bonds is 4. The van der Waals surface area contributed by atoms with Crippen molar-refractivity contribution in [2.75, 3.05) is 23.3 Å². The third-order valence-corrected chi connectivity index (χ3v) is 5.32. The summed E-state index contributed by atoms with van der Waals surface area (Å²) in [4.78, 5) is 18.7. The van der Waals surface area contributed by atoms with Gasteiger partial charge >= 0.3 is 6.03 Å². The first-order valence-electron chi connectivity index (χ1n) is 9.63. The molecule has 3 aromatic rings. The quantitative estimate of drug-likeness (QED) is 0.601. The number of hydrogen-bond acceptors (Lipinski definition) is 4. The van der Waals surface area contributed by atoms with Gasteiger partial charge in [-0.05, 0) is 49.6 Å². The highest BCUT2D eigenvalue weighted by atomic mass is 35.5. The third kappa shape index (κ3) is 4.68. The lowest BCUT2D eigenvalue weighted by atomic mass is 10.1. The lowest BCUT2D eigenvalue weighted by Crippen LogP contribution is -2.49. The minimum Gasteiger partial charge on any atom is -0.353 e. The summed E-state index contributed by atoms with van der Waals surface area (Å²) in [5.41, 5.74) is 3.68. The Morgan fingerprint density at radius 3 is 2.90 bits per heavy atom. The predicted octanol–water partition coefficient (Wildman–Crippen LogP) is 4.22. The number of nitrogens with one attached hydrogen (secondary N) is 3. The van der Waals surface area contributed by atoms with Crippen LogP contribution in [0.4, 0.5) is 16.3 Å². The number of nitrogens with zero attached hydrogens (tertiary/aromatic N) is 3. The van der Waals surface area contributed by atoms with Gasteiger partial charge in [0.25, 0.3) is 0 Å². The van der Waals surface area contributed by atoms with E-state index >= 15 is 0 Å². The molecule has 2 aromatic heterocycles. The average Bonchev–Trinajstić information content (AvgIpc) is 3.22. The van der Waals surface area contributed by atoms with Crippen LogP contribution < -0.4 is 15.5 Å². The number of carbonyl (C=O) groups is 1. The standard InChI is InChI=1S/C21H23ClN6O/c1-14-4-5-16(22)11-18(14)25-21(29)24-17-3-2-10-28(13-17)20-12-19(26-27-20)15-6-8-23-9-7-15/h4-9,11-12,17H,2-3,10,13H2,1H3,(H,26,27)(H2,24,25,29)/t17-/m0/s1. The van der Waals surface area contributed by atoms with Gasteiger partial charge in [0.2, 0.25) is 0 Å². The van der Waals surface area contributed by atoms with Gasteiger partial charge in [-0.1, -0.05) is 17.7 Å². The lowest BCUT2D eigenvalue weighted by molar-refractivity contribution is 0.246. The molecule has 1 aromatic carbocycles. The molecular formula is C21H23ClN6O. The second-order valence-electron chi connectivity index (χ2n) is 7.22. The number of urea groups is 1. The summed E-state index contributed by atoms with van der Waals surface area (Å²) in [5, 5.41) is 14.1. The number of aromatic amines is 1. The van der Waals surface area contributed by atoms with Gasteiger partial charge in [-0.3, -0.25) is 10.1 Å². The van der Waals surface area contributed by atoms with Gasteiger partial charge in [0.15, 0.2) is 5.82 Å². The first-order chi connectivity index (χ1) is 14.1. The Morgan fingerprint density at radius 1 is 1.24 bits per heavy atom. The maximum atomic E-state index is 12.5. The summed E-state index contributed by atoms with van der Waals surface area (Å²) in [6.07, 6.45) is 5.44. The third-order valence-electron chi connectivity index (χ3n) is 5.08. The van der Waals surface area contributed by atoms with Gasteiger partial charge in [0.05, 0.1) is 5.69 Å². The lowest BCUT2D eigenvalue weighted by Gasteiger charge is -2.33. The summed E-state index contributed by atoms with van der Waals surface area (Å²) in [7, 11) is 0. The monoisotopic (exact) mass is 410 g/mol. The van der Waals surface area contributed by atoms with Crippen molar-refractivity contribution in [1.29, 1.82) is 0 Å². The molecule has 0 saturated carbocycles. The van der Waals surface area contributed by atoms with E-state index in [9.17, 15) is 4.79 Å². The Kier molecular flexibility index (Phi) is 5.67. The molecule has 1 saturated heterocycles. The molecule has 0 radical (unpaired) electrons. The average molecular weight is 411 g/mol. The van der Waals surface area contributed by atoms with Crippen LogP contribution in [0.3, 0.4) is 0 Å². The van der Waals surface area contributed by atoms with E-state index in [1.165, 1.54) is 0 Å². The van der Waals surface area contributed by atoms with Crippen LogP contribution in [-0.2, 0) is 0 Å². The van der Waals surface area contributed by atoms with Crippen LogP contribution in [0.25, 0.3) is 11.3 Å². The van der Waals surface area contributed by atoms with Gasteiger partial charge < -0.3 is 15.5 Å². The highest BCUT2D eigenvalue weighted by molar-refractivity contribution is 6.31. The molecular weight excluding hydrogens is 388 g/mol. The van der Waals surface area contributed by atoms with Crippen molar-refractivity contribution in [3.05, 3.63) is 59.4 Å². The number of anilines is 2. The van der Waals surface area contributed by atoms with Gasteiger partial charge in [-0.15, -0.1) is 0 Å². The van der Waals surface area contributed by atoms with E-state index in [1.54, 1.807) is 18.5 Å². The Labute approximate surface area is 174 Å². The number of aromatic nitrogens is 3.